The Bertz CT molecular complexity index is 477. The van der Waals surface area contributed by atoms with E-state index in [-0.39, 0.29) is 18.1 Å². The van der Waals surface area contributed by atoms with E-state index in [1.165, 1.54) is 6.07 Å². The number of halogens is 1. The number of para-hydroxylation sites is 1. The number of likely N-dealkylation sites (tertiary alicyclic amines) is 1. The fraction of sp³-hybridized carbons (Fsp3) is 0.533. The molecule has 0 aliphatic carbocycles. The zero-order valence-corrected chi connectivity index (χ0v) is 11.7. The standard InChI is InChI=1S/C15H21FN2O2/c1-15(20)7-4-9-18(10-8-15)11-14(19)17-13-6-3-2-5-12(13)16/h2-3,5-6,20H,4,7-11H2,1H3,(H,17,19). The van der Waals surface area contributed by atoms with Gasteiger partial charge in [0.15, 0.2) is 0 Å². The molecule has 20 heavy (non-hydrogen) atoms. The molecule has 0 saturated carbocycles. The molecule has 1 amide bonds. The summed E-state index contributed by atoms with van der Waals surface area (Å²) in [6.07, 6.45) is 2.26. The Hall–Kier alpha value is -1.46. The predicted molar refractivity (Wildman–Crippen MR) is 75.9 cm³/mol. The van der Waals surface area contributed by atoms with Crippen LogP contribution in [0, 0.1) is 5.82 Å². The number of nitrogens with one attached hydrogen (secondary N) is 1. The highest BCUT2D eigenvalue weighted by molar-refractivity contribution is 5.92. The lowest BCUT2D eigenvalue weighted by atomic mass is 9.98. The largest absolute Gasteiger partial charge is 0.390 e. The van der Waals surface area contributed by atoms with Crippen molar-refractivity contribution in [3.05, 3.63) is 30.1 Å². The van der Waals surface area contributed by atoms with Gasteiger partial charge in [0, 0.05) is 6.54 Å². The van der Waals surface area contributed by atoms with E-state index in [0.717, 1.165) is 19.4 Å². The Labute approximate surface area is 118 Å². The summed E-state index contributed by atoms with van der Waals surface area (Å²) < 4.78 is 13.4. The number of carbonyl (C=O) groups is 1. The average Bonchev–Trinajstić information content (AvgIpc) is 2.54. The first-order valence-corrected chi connectivity index (χ1v) is 6.95. The fourth-order valence-corrected chi connectivity index (χ4v) is 2.43. The van der Waals surface area contributed by atoms with Crippen LogP contribution in [-0.2, 0) is 4.79 Å². The second kappa shape index (κ2) is 6.33. The first-order valence-electron chi connectivity index (χ1n) is 6.95. The molecule has 1 saturated heterocycles. The molecular weight excluding hydrogens is 259 g/mol. The van der Waals surface area contributed by atoms with Crippen molar-refractivity contribution in [3.8, 4) is 0 Å². The lowest BCUT2D eigenvalue weighted by Gasteiger charge is -2.22. The van der Waals surface area contributed by atoms with Crippen molar-refractivity contribution in [1.82, 2.24) is 4.90 Å². The molecule has 5 heteroatoms. The predicted octanol–water partition coefficient (Wildman–Crippen LogP) is 2.00. The van der Waals surface area contributed by atoms with Crippen LogP contribution in [0.15, 0.2) is 24.3 Å². The lowest BCUT2D eigenvalue weighted by molar-refractivity contribution is -0.117. The van der Waals surface area contributed by atoms with Crippen LogP contribution in [0.4, 0.5) is 10.1 Å². The van der Waals surface area contributed by atoms with Crippen LogP contribution >= 0.6 is 0 Å². The van der Waals surface area contributed by atoms with Crippen LogP contribution in [0.5, 0.6) is 0 Å². The molecule has 1 aliphatic heterocycles. The smallest absolute Gasteiger partial charge is 0.238 e. The molecule has 1 aliphatic rings. The second-order valence-electron chi connectivity index (χ2n) is 5.65. The molecule has 0 radical (unpaired) electrons. The maximum atomic E-state index is 13.4. The topological polar surface area (TPSA) is 52.6 Å². The number of rotatable bonds is 3. The van der Waals surface area contributed by atoms with Gasteiger partial charge in [0.25, 0.3) is 0 Å². The minimum atomic E-state index is -0.642. The maximum Gasteiger partial charge on any atom is 0.238 e. The fourth-order valence-electron chi connectivity index (χ4n) is 2.43. The molecule has 1 unspecified atom stereocenters. The van der Waals surface area contributed by atoms with Gasteiger partial charge in [-0.1, -0.05) is 12.1 Å². The zero-order chi connectivity index (χ0) is 14.6. The van der Waals surface area contributed by atoms with Crippen molar-refractivity contribution in [2.45, 2.75) is 31.8 Å². The Morgan fingerprint density at radius 1 is 1.40 bits per heavy atom. The van der Waals surface area contributed by atoms with E-state index >= 15 is 0 Å². The highest BCUT2D eigenvalue weighted by atomic mass is 19.1. The summed E-state index contributed by atoms with van der Waals surface area (Å²) in [6, 6.07) is 6.13. The summed E-state index contributed by atoms with van der Waals surface area (Å²) in [5.74, 6) is -0.656. The second-order valence-corrected chi connectivity index (χ2v) is 5.65. The molecule has 1 atom stereocenters. The van der Waals surface area contributed by atoms with Gasteiger partial charge >= 0.3 is 0 Å². The quantitative estimate of drug-likeness (QED) is 0.890. The first kappa shape index (κ1) is 14.9. The molecular formula is C15H21FN2O2. The van der Waals surface area contributed by atoms with Gasteiger partial charge in [-0.05, 0) is 44.9 Å². The molecule has 0 spiro atoms. The van der Waals surface area contributed by atoms with E-state index in [1.807, 2.05) is 11.8 Å². The third-order valence-corrected chi connectivity index (χ3v) is 3.67. The van der Waals surface area contributed by atoms with Crippen LogP contribution in [0.2, 0.25) is 0 Å². The van der Waals surface area contributed by atoms with Crippen molar-refractivity contribution in [2.24, 2.45) is 0 Å². The molecule has 2 rings (SSSR count). The van der Waals surface area contributed by atoms with E-state index in [9.17, 15) is 14.3 Å². The zero-order valence-electron chi connectivity index (χ0n) is 11.7. The number of carbonyl (C=O) groups excluding carboxylic acids is 1. The first-order chi connectivity index (χ1) is 9.46. The SMILES string of the molecule is CC1(O)CCCN(CC(=O)Nc2ccccc2F)CC1. The summed E-state index contributed by atoms with van der Waals surface area (Å²) >= 11 is 0. The molecule has 4 nitrogen and oxygen atoms in total. The molecule has 1 fully saturated rings. The van der Waals surface area contributed by atoms with Gasteiger partial charge in [0.05, 0.1) is 17.8 Å². The summed E-state index contributed by atoms with van der Waals surface area (Å²) in [5, 5.41) is 12.6. The number of aliphatic hydroxyl groups is 1. The molecule has 1 aromatic carbocycles. The Balaban J connectivity index is 1.87. The molecule has 0 aromatic heterocycles. The van der Waals surface area contributed by atoms with E-state index in [2.05, 4.69) is 5.32 Å². The van der Waals surface area contributed by atoms with Gasteiger partial charge in [0.1, 0.15) is 5.82 Å². The van der Waals surface area contributed by atoms with Crippen molar-refractivity contribution in [1.29, 1.82) is 0 Å². The number of amides is 1. The highest BCUT2D eigenvalue weighted by Gasteiger charge is 2.25. The van der Waals surface area contributed by atoms with E-state index < -0.39 is 11.4 Å². The van der Waals surface area contributed by atoms with Crippen LogP contribution < -0.4 is 5.32 Å². The highest BCUT2D eigenvalue weighted by Crippen LogP contribution is 2.21. The Morgan fingerprint density at radius 3 is 2.90 bits per heavy atom. The van der Waals surface area contributed by atoms with Crippen molar-refractivity contribution in [3.63, 3.8) is 0 Å². The molecule has 110 valence electrons. The molecule has 1 heterocycles. The number of nitrogens with zero attached hydrogens (tertiary/aromatic N) is 1. The van der Waals surface area contributed by atoms with Crippen LogP contribution in [0.1, 0.15) is 26.2 Å². The molecule has 2 N–H and O–H groups in total. The monoisotopic (exact) mass is 280 g/mol. The maximum absolute atomic E-state index is 13.4. The summed E-state index contributed by atoms with van der Waals surface area (Å²) in [4.78, 5) is 13.9. The number of hydrogen-bond acceptors (Lipinski definition) is 3. The third kappa shape index (κ3) is 4.28. The van der Waals surface area contributed by atoms with E-state index in [1.54, 1.807) is 18.2 Å². The summed E-state index contributed by atoms with van der Waals surface area (Å²) in [5.41, 5.74) is -0.434. The third-order valence-electron chi connectivity index (χ3n) is 3.67. The number of anilines is 1. The van der Waals surface area contributed by atoms with Gasteiger partial charge in [-0.3, -0.25) is 9.69 Å². The number of hydrogen-bond donors (Lipinski definition) is 2. The van der Waals surface area contributed by atoms with Crippen LogP contribution in [0.25, 0.3) is 0 Å². The van der Waals surface area contributed by atoms with Crippen molar-refractivity contribution in [2.75, 3.05) is 25.0 Å². The van der Waals surface area contributed by atoms with Crippen LogP contribution in [-0.4, -0.2) is 41.1 Å². The van der Waals surface area contributed by atoms with Gasteiger partial charge in [-0.2, -0.15) is 0 Å². The van der Waals surface area contributed by atoms with Gasteiger partial charge in [-0.15, -0.1) is 0 Å². The summed E-state index contributed by atoms with van der Waals surface area (Å²) in [7, 11) is 0. The minimum Gasteiger partial charge on any atom is -0.390 e. The lowest BCUT2D eigenvalue weighted by Crippen LogP contribution is -2.35. The van der Waals surface area contributed by atoms with Gasteiger partial charge < -0.3 is 10.4 Å². The number of benzene rings is 1. The molecule has 1 aromatic rings. The average molecular weight is 280 g/mol. The Kier molecular flexibility index (Phi) is 4.73. The Morgan fingerprint density at radius 2 is 2.15 bits per heavy atom. The normalized spacial score (nSPS) is 24.1. The minimum absolute atomic E-state index is 0.208. The van der Waals surface area contributed by atoms with Crippen LogP contribution in [0.3, 0.4) is 0 Å². The van der Waals surface area contributed by atoms with E-state index in [4.69, 9.17) is 0 Å². The molecule has 0 bridgehead atoms. The summed E-state index contributed by atoms with van der Waals surface area (Å²) in [6.45, 7) is 3.51. The van der Waals surface area contributed by atoms with Crippen molar-refractivity contribution < 1.29 is 14.3 Å². The van der Waals surface area contributed by atoms with Gasteiger partial charge in [-0.25, -0.2) is 4.39 Å². The van der Waals surface area contributed by atoms with Crippen molar-refractivity contribution >= 4 is 11.6 Å². The van der Waals surface area contributed by atoms with Gasteiger partial charge in [0.2, 0.25) is 5.91 Å². The van der Waals surface area contributed by atoms with E-state index in [0.29, 0.717) is 13.0 Å².